The average Bonchev–Trinajstić information content (AvgIpc) is 2.45. The zero-order chi connectivity index (χ0) is 13.7. The molecule has 1 atom stereocenters. The highest BCUT2D eigenvalue weighted by Gasteiger charge is 2.26. The molecule has 4 nitrogen and oxygen atoms in total. The van der Waals surface area contributed by atoms with Gasteiger partial charge in [0.15, 0.2) is 0 Å². The molecule has 1 aliphatic rings. The molecule has 1 N–H and O–H groups in total. The molecule has 5 heteroatoms. The zero-order valence-electron chi connectivity index (χ0n) is 10.6. The van der Waals surface area contributed by atoms with E-state index < -0.39 is 0 Å². The monoisotopic (exact) mass is 321 g/mol. The van der Waals surface area contributed by atoms with Gasteiger partial charge in [0.1, 0.15) is 6.54 Å². The number of carbonyl (C=O) groups excluding carboxylic acids is 1. The molecule has 1 saturated heterocycles. The van der Waals surface area contributed by atoms with Crippen molar-refractivity contribution in [3.63, 3.8) is 0 Å². The SMILES string of the molecule is N#CCN(C(=O)C1CCCCN1)c1cccc(Br)c1. The fourth-order valence-electron chi connectivity index (χ4n) is 2.26. The van der Waals surface area contributed by atoms with Crippen molar-refractivity contribution in [1.29, 1.82) is 5.26 Å². The summed E-state index contributed by atoms with van der Waals surface area (Å²) < 4.78 is 0.900. The highest BCUT2D eigenvalue weighted by atomic mass is 79.9. The minimum atomic E-state index is -0.166. The van der Waals surface area contributed by atoms with Gasteiger partial charge in [-0.3, -0.25) is 9.69 Å². The quantitative estimate of drug-likeness (QED) is 0.870. The molecule has 0 spiro atoms. The summed E-state index contributed by atoms with van der Waals surface area (Å²) >= 11 is 3.39. The van der Waals surface area contributed by atoms with Crippen LogP contribution in [0.4, 0.5) is 5.69 Å². The highest BCUT2D eigenvalue weighted by Crippen LogP contribution is 2.21. The number of hydrogen-bond donors (Lipinski definition) is 1. The van der Waals surface area contributed by atoms with Crippen molar-refractivity contribution in [1.82, 2.24) is 5.32 Å². The Bertz CT molecular complexity index is 492. The van der Waals surface area contributed by atoms with Crippen molar-refractivity contribution in [2.75, 3.05) is 18.0 Å². The van der Waals surface area contributed by atoms with Crippen molar-refractivity contribution in [3.05, 3.63) is 28.7 Å². The first-order valence-corrected chi connectivity index (χ1v) is 7.19. The molecule has 1 heterocycles. The third-order valence-corrected chi connectivity index (χ3v) is 3.72. The van der Waals surface area contributed by atoms with Crippen LogP contribution in [0.25, 0.3) is 0 Å². The number of benzene rings is 1. The number of amides is 1. The second kappa shape index (κ2) is 6.69. The smallest absolute Gasteiger partial charge is 0.245 e. The van der Waals surface area contributed by atoms with Gasteiger partial charge in [-0.25, -0.2) is 0 Å². The molecule has 1 fully saturated rings. The maximum absolute atomic E-state index is 12.5. The van der Waals surface area contributed by atoms with Crippen molar-refractivity contribution < 1.29 is 4.79 Å². The Morgan fingerprint density at radius 3 is 3.00 bits per heavy atom. The Labute approximate surface area is 121 Å². The van der Waals surface area contributed by atoms with Crippen molar-refractivity contribution in [2.24, 2.45) is 0 Å². The summed E-state index contributed by atoms with van der Waals surface area (Å²) in [4.78, 5) is 14.0. The van der Waals surface area contributed by atoms with E-state index in [1.54, 1.807) is 4.90 Å². The van der Waals surface area contributed by atoms with Gasteiger partial charge in [0, 0.05) is 10.2 Å². The van der Waals surface area contributed by atoms with Crippen LogP contribution in [0.5, 0.6) is 0 Å². The standard InChI is InChI=1S/C14H16BrN3O/c15-11-4-3-5-12(10-11)18(9-7-16)14(19)13-6-1-2-8-17-13/h3-5,10,13,17H,1-2,6,8-9H2. The normalized spacial score (nSPS) is 18.6. The first kappa shape index (κ1) is 14.0. The molecule has 0 bridgehead atoms. The van der Waals surface area contributed by atoms with Crippen LogP contribution in [0.15, 0.2) is 28.7 Å². The van der Waals surface area contributed by atoms with Crippen LogP contribution in [-0.4, -0.2) is 25.0 Å². The summed E-state index contributed by atoms with van der Waals surface area (Å²) in [5.74, 6) is -0.0145. The van der Waals surface area contributed by atoms with Gasteiger partial charge in [0.2, 0.25) is 5.91 Å². The van der Waals surface area contributed by atoms with Gasteiger partial charge in [0.05, 0.1) is 12.1 Å². The molecule has 0 radical (unpaired) electrons. The molecule has 1 unspecified atom stereocenters. The third-order valence-electron chi connectivity index (χ3n) is 3.22. The first-order valence-electron chi connectivity index (χ1n) is 6.39. The number of halogens is 1. The Kier molecular flexibility index (Phi) is 4.94. The summed E-state index contributed by atoms with van der Waals surface area (Å²) in [7, 11) is 0. The predicted octanol–water partition coefficient (Wildman–Crippen LogP) is 2.45. The van der Waals surface area contributed by atoms with Gasteiger partial charge in [0.25, 0.3) is 0 Å². The maximum atomic E-state index is 12.5. The molecule has 2 rings (SSSR count). The molecule has 0 aliphatic carbocycles. The molecule has 19 heavy (non-hydrogen) atoms. The molecule has 0 aromatic heterocycles. The number of nitrogens with one attached hydrogen (secondary N) is 1. The van der Waals surface area contributed by atoms with Crippen LogP contribution in [0.3, 0.4) is 0 Å². The Morgan fingerprint density at radius 1 is 1.53 bits per heavy atom. The third kappa shape index (κ3) is 3.55. The Balaban J connectivity index is 2.19. The van der Waals surface area contributed by atoms with E-state index in [-0.39, 0.29) is 18.5 Å². The van der Waals surface area contributed by atoms with E-state index in [1.165, 1.54) is 0 Å². The van der Waals surface area contributed by atoms with Crippen LogP contribution >= 0.6 is 15.9 Å². The number of rotatable bonds is 3. The van der Waals surface area contributed by atoms with Crippen LogP contribution in [0.2, 0.25) is 0 Å². The van der Waals surface area contributed by atoms with E-state index in [4.69, 9.17) is 5.26 Å². The predicted molar refractivity (Wildman–Crippen MR) is 77.7 cm³/mol. The van der Waals surface area contributed by atoms with Gasteiger partial charge in [-0.1, -0.05) is 28.4 Å². The Morgan fingerprint density at radius 2 is 2.37 bits per heavy atom. The van der Waals surface area contributed by atoms with E-state index >= 15 is 0 Å². The molecule has 100 valence electrons. The summed E-state index contributed by atoms with van der Waals surface area (Å²) in [5, 5.41) is 12.2. The molecular weight excluding hydrogens is 306 g/mol. The van der Waals surface area contributed by atoms with Gasteiger partial charge in [-0.05, 0) is 37.6 Å². The van der Waals surface area contributed by atoms with E-state index in [0.29, 0.717) is 0 Å². The van der Waals surface area contributed by atoms with Crippen LogP contribution in [0, 0.1) is 11.3 Å². The number of carbonyl (C=O) groups is 1. The van der Waals surface area contributed by atoms with Crippen molar-refractivity contribution in [3.8, 4) is 6.07 Å². The number of nitriles is 1. The minimum Gasteiger partial charge on any atom is -0.306 e. The van der Waals surface area contributed by atoms with Gasteiger partial charge >= 0.3 is 0 Å². The molecule has 1 amide bonds. The molecule has 1 aliphatic heterocycles. The fourth-order valence-corrected chi connectivity index (χ4v) is 2.65. The lowest BCUT2D eigenvalue weighted by molar-refractivity contribution is -0.121. The lowest BCUT2D eigenvalue weighted by Gasteiger charge is -2.28. The average molecular weight is 322 g/mol. The number of anilines is 1. The fraction of sp³-hybridized carbons (Fsp3) is 0.429. The molecule has 1 aromatic rings. The largest absolute Gasteiger partial charge is 0.306 e. The number of piperidine rings is 1. The van der Waals surface area contributed by atoms with Crippen molar-refractivity contribution in [2.45, 2.75) is 25.3 Å². The van der Waals surface area contributed by atoms with E-state index in [9.17, 15) is 4.79 Å². The lowest BCUT2D eigenvalue weighted by atomic mass is 10.0. The second-order valence-corrected chi connectivity index (χ2v) is 5.48. The lowest BCUT2D eigenvalue weighted by Crippen LogP contribution is -2.48. The van der Waals surface area contributed by atoms with E-state index in [0.717, 1.165) is 36.0 Å². The van der Waals surface area contributed by atoms with Crippen molar-refractivity contribution >= 4 is 27.5 Å². The molecule has 1 aromatic carbocycles. The highest BCUT2D eigenvalue weighted by molar-refractivity contribution is 9.10. The van der Waals surface area contributed by atoms with Crippen LogP contribution in [0.1, 0.15) is 19.3 Å². The van der Waals surface area contributed by atoms with Gasteiger partial charge in [-0.15, -0.1) is 0 Å². The van der Waals surface area contributed by atoms with Gasteiger partial charge in [-0.2, -0.15) is 5.26 Å². The number of hydrogen-bond acceptors (Lipinski definition) is 3. The summed E-state index contributed by atoms with van der Waals surface area (Å²) in [6.45, 7) is 0.947. The second-order valence-electron chi connectivity index (χ2n) is 4.56. The van der Waals surface area contributed by atoms with E-state index in [2.05, 4.69) is 27.3 Å². The number of nitrogens with zero attached hydrogens (tertiary/aromatic N) is 2. The summed E-state index contributed by atoms with van der Waals surface area (Å²) in [5.41, 5.74) is 0.758. The minimum absolute atomic E-state index is 0.0145. The summed E-state index contributed by atoms with van der Waals surface area (Å²) in [6.07, 6.45) is 3.01. The molecular formula is C14H16BrN3O. The van der Waals surface area contributed by atoms with Crippen LogP contribution in [-0.2, 0) is 4.79 Å². The van der Waals surface area contributed by atoms with Crippen LogP contribution < -0.4 is 10.2 Å². The molecule has 0 saturated carbocycles. The van der Waals surface area contributed by atoms with E-state index in [1.807, 2.05) is 24.3 Å². The summed E-state index contributed by atoms with van der Waals surface area (Å²) in [6, 6.07) is 9.38. The topological polar surface area (TPSA) is 56.1 Å². The zero-order valence-corrected chi connectivity index (χ0v) is 12.2. The Hall–Kier alpha value is -1.38. The maximum Gasteiger partial charge on any atom is 0.245 e. The van der Waals surface area contributed by atoms with Gasteiger partial charge < -0.3 is 5.32 Å². The first-order chi connectivity index (χ1) is 9.22.